The first-order valence-electron chi connectivity index (χ1n) is 4.46. The molecule has 1 rings (SSSR count). The molecule has 0 aliphatic heterocycles. The highest BCUT2D eigenvalue weighted by molar-refractivity contribution is 7.90. The summed E-state index contributed by atoms with van der Waals surface area (Å²) in [5, 5.41) is 0. The van der Waals surface area contributed by atoms with E-state index in [0.29, 0.717) is 11.4 Å². The third-order valence-corrected chi connectivity index (χ3v) is 3.32. The second-order valence-electron chi connectivity index (χ2n) is 3.76. The topological polar surface area (TPSA) is 81.2 Å². The number of hydrogen-bond donors (Lipinski definition) is 0. The summed E-state index contributed by atoms with van der Waals surface area (Å²) in [6.45, 7) is 0. The number of rotatable bonds is 4. The zero-order chi connectivity index (χ0) is 12.4. The van der Waals surface area contributed by atoms with Gasteiger partial charge in [0.15, 0.2) is 19.7 Å². The zero-order valence-corrected chi connectivity index (χ0v) is 10.7. The van der Waals surface area contributed by atoms with E-state index in [4.69, 9.17) is 0 Å². The Morgan fingerprint density at radius 3 is 1.62 bits per heavy atom. The Bertz CT molecular complexity index is 526. The Kier molecular flexibility index (Phi) is 3.69. The normalized spacial score (nSPS) is 12.6. The molecule has 0 bridgehead atoms. The molecule has 0 unspecified atom stereocenters. The monoisotopic (exact) mass is 263 g/mol. The highest BCUT2D eigenvalue weighted by atomic mass is 32.2. The fourth-order valence-corrected chi connectivity index (χ4v) is 2.62. The van der Waals surface area contributed by atoms with E-state index in [0.717, 1.165) is 12.5 Å². The molecule has 1 aromatic rings. The number of aromatic nitrogens is 1. The van der Waals surface area contributed by atoms with Gasteiger partial charge in [0, 0.05) is 12.5 Å². The molecule has 7 heteroatoms. The largest absolute Gasteiger partial charge is 0.256 e. The average molecular weight is 263 g/mol. The van der Waals surface area contributed by atoms with E-state index in [9.17, 15) is 16.8 Å². The molecule has 0 aliphatic carbocycles. The lowest BCUT2D eigenvalue weighted by atomic mass is 10.3. The van der Waals surface area contributed by atoms with Crippen LogP contribution in [-0.2, 0) is 31.2 Å². The van der Waals surface area contributed by atoms with Crippen LogP contribution in [0.4, 0.5) is 0 Å². The van der Waals surface area contributed by atoms with E-state index in [1.807, 2.05) is 0 Å². The Balaban J connectivity index is 2.96. The van der Waals surface area contributed by atoms with Crippen LogP contribution in [0.3, 0.4) is 0 Å². The van der Waals surface area contributed by atoms with E-state index in [1.54, 1.807) is 18.2 Å². The van der Waals surface area contributed by atoms with Crippen LogP contribution in [0.5, 0.6) is 0 Å². The predicted octanol–water partition coefficient (Wildman–Crippen LogP) is 0.171. The van der Waals surface area contributed by atoms with Crippen LogP contribution in [0.1, 0.15) is 11.4 Å². The van der Waals surface area contributed by atoms with Gasteiger partial charge in [0.1, 0.15) is 0 Å². The molecule has 0 radical (unpaired) electrons. The second kappa shape index (κ2) is 4.50. The molecule has 1 heterocycles. The Morgan fingerprint density at radius 1 is 0.938 bits per heavy atom. The van der Waals surface area contributed by atoms with Gasteiger partial charge in [-0.05, 0) is 12.1 Å². The Labute approximate surface area is 95.4 Å². The molecular formula is C9H13NO4S2. The van der Waals surface area contributed by atoms with Gasteiger partial charge in [0.2, 0.25) is 0 Å². The summed E-state index contributed by atoms with van der Waals surface area (Å²) in [6, 6.07) is 4.73. The Morgan fingerprint density at radius 2 is 1.31 bits per heavy atom. The van der Waals surface area contributed by atoms with Crippen molar-refractivity contribution in [1.82, 2.24) is 4.98 Å². The molecule has 0 amide bonds. The standard InChI is InChI=1S/C9H13NO4S2/c1-15(11,12)6-8-4-3-5-9(10-8)7-16(2,13)14/h3-5H,6-7H2,1-2H3. The van der Waals surface area contributed by atoms with Gasteiger partial charge in [0.05, 0.1) is 22.9 Å². The van der Waals surface area contributed by atoms with Crippen LogP contribution >= 0.6 is 0 Å². The van der Waals surface area contributed by atoms with E-state index in [2.05, 4.69) is 4.98 Å². The van der Waals surface area contributed by atoms with Crippen LogP contribution in [0.2, 0.25) is 0 Å². The summed E-state index contributed by atoms with van der Waals surface area (Å²) >= 11 is 0. The zero-order valence-electron chi connectivity index (χ0n) is 9.04. The van der Waals surface area contributed by atoms with Crippen molar-refractivity contribution in [2.24, 2.45) is 0 Å². The van der Waals surface area contributed by atoms with Crippen LogP contribution in [0, 0.1) is 0 Å². The lowest BCUT2D eigenvalue weighted by molar-refractivity contribution is 0.600. The first-order valence-corrected chi connectivity index (χ1v) is 8.58. The number of hydrogen-bond acceptors (Lipinski definition) is 5. The minimum absolute atomic E-state index is 0.176. The quantitative estimate of drug-likeness (QED) is 0.773. The summed E-state index contributed by atoms with van der Waals surface area (Å²) in [5.74, 6) is -0.352. The molecule has 5 nitrogen and oxygen atoms in total. The lowest BCUT2D eigenvalue weighted by Gasteiger charge is -2.02. The molecule has 1 aromatic heterocycles. The first kappa shape index (κ1) is 13.1. The fourth-order valence-electron chi connectivity index (χ4n) is 1.23. The maximum Gasteiger partial charge on any atom is 0.153 e. The van der Waals surface area contributed by atoms with Crippen molar-refractivity contribution < 1.29 is 16.8 Å². The maximum absolute atomic E-state index is 11.0. The van der Waals surface area contributed by atoms with E-state index in [1.165, 1.54) is 0 Å². The van der Waals surface area contributed by atoms with E-state index >= 15 is 0 Å². The average Bonchev–Trinajstić information content (AvgIpc) is 1.96. The van der Waals surface area contributed by atoms with Gasteiger partial charge in [-0.3, -0.25) is 4.98 Å². The van der Waals surface area contributed by atoms with Crippen LogP contribution < -0.4 is 0 Å². The van der Waals surface area contributed by atoms with Crippen LogP contribution in [0.15, 0.2) is 18.2 Å². The Hall–Kier alpha value is -0.950. The third kappa shape index (κ3) is 5.22. The van der Waals surface area contributed by atoms with Crippen molar-refractivity contribution >= 4 is 19.7 Å². The van der Waals surface area contributed by atoms with Crippen molar-refractivity contribution in [2.45, 2.75) is 11.5 Å². The molecule has 0 saturated carbocycles. The van der Waals surface area contributed by atoms with E-state index < -0.39 is 19.7 Å². The van der Waals surface area contributed by atoms with Gasteiger partial charge in [0.25, 0.3) is 0 Å². The van der Waals surface area contributed by atoms with Gasteiger partial charge >= 0.3 is 0 Å². The molecule has 0 spiro atoms. The van der Waals surface area contributed by atoms with Crippen molar-refractivity contribution in [3.63, 3.8) is 0 Å². The summed E-state index contributed by atoms with van der Waals surface area (Å²) in [6.07, 6.45) is 2.22. The van der Waals surface area contributed by atoms with Crippen molar-refractivity contribution in [2.75, 3.05) is 12.5 Å². The first-order chi connectivity index (χ1) is 7.16. The molecule has 0 aliphatic rings. The van der Waals surface area contributed by atoms with Gasteiger partial charge in [-0.25, -0.2) is 16.8 Å². The second-order valence-corrected chi connectivity index (χ2v) is 8.04. The maximum atomic E-state index is 11.0. The molecule has 90 valence electrons. The predicted molar refractivity (Wildman–Crippen MR) is 61.3 cm³/mol. The van der Waals surface area contributed by atoms with Gasteiger partial charge in [-0.15, -0.1) is 0 Å². The van der Waals surface area contributed by atoms with Crippen molar-refractivity contribution in [3.8, 4) is 0 Å². The number of sulfone groups is 2. The minimum atomic E-state index is -3.15. The highest BCUT2D eigenvalue weighted by Crippen LogP contribution is 2.06. The van der Waals surface area contributed by atoms with Crippen LogP contribution in [0.25, 0.3) is 0 Å². The highest BCUT2D eigenvalue weighted by Gasteiger charge is 2.09. The van der Waals surface area contributed by atoms with Crippen molar-refractivity contribution in [3.05, 3.63) is 29.6 Å². The molecular weight excluding hydrogens is 250 g/mol. The summed E-state index contributed by atoms with van der Waals surface area (Å²) in [4.78, 5) is 3.99. The summed E-state index contributed by atoms with van der Waals surface area (Å²) < 4.78 is 44.2. The van der Waals surface area contributed by atoms with E-state index in [-0.39, 0.29) is 11.5 Å². The molecule has 16 heavy (non-hydrogen) atoms. The molecule has 0 atom stereocenters. The third-order valence-electron chi connectivity index (χ3n) is 1.68. The molecule has 0 aromatic carbocycles. The van der Waals surface area contributed by atoms with Crippen LogP contribution in [-0.4, -0.2) is 34.3 Å². The minimum Gasteiger partial charge on any atom is -0.256 e. The smallest absolute Gasteiger partial charge is 0.153 e. The SMILES string of the molecule is CS(=O)(=O)Cc1cccc(CS(C)(=O)=O)n1. The molecule has 0 fully saturated rings. The van der Waals surface area contributed by atoms with Gasteiger partial charge in [-0.1, -0.05) is 6.07 Å². The van der Waals surface area contributed by atoms with Gasteiger partial charge < -0.3 is 0 Å². The van der Waals surface area contributed by atoms with Gasteiger partial charge in [-0.2, -0.15) is 0 Å². The summed E-state index contributed by atoms with van der Waals surface area (Å²) in [7, 11) is -6.30. The molecule has 0 N–H and O–H groups in total. The fraction of sp³-hybridized carbons (Fsp3) is 0.444. The summed E-state index contributed by atoms with van der Waals surface area (Å²) in [5.41, 5.74) is 0.729. The number of pyridine rings is 1. The number of nitrogens with zero attached hydrogens (tertiary/aromatic N) is 1. The van der Waals surface area contributed by atoms with Crippen molar-refractivity contribution in [1.29, 1.82) is 0 Å². The molecule has 0 saturated heterocycles. The lowest BCUT2D eigenvalue weighted by Crippen LogP contribution is -2.07.